The van der Waals surface area contributed by atoms with Gasteiger partial charge in [-0.2, -0.15) is 0 Å². The molecule has 2 saturated carbocycles. The molecule has 0 amide bonds. The topological polar surface area (TPSA) is 745 Å². The number of ether oxygens (including phenoxy) is 10. The van der Waals surface area contributed by atoms with Gasteiger partial charge in [0.25, 0.3) is 0 Å². The van der Waals surface area contributed by atoms with E-state index in [4.69, 9.17) is 9.47 Å². The van der Waals surface area contributed by atoms with Crippen molar-refractivity contribution in [3.05, 3.63) is 0 Å². The highest BCUT2D eigenvalue weighted by atomic mass is 79.9. The fourth-order valence-electron chi connectivity index (χ4n) is 5.85. The Morgan fingerprint density at radius 2 is 0.702 bits per heavy atom. The smallest absolute Gasteiger partial charge is 0.322 e. The van der Waals surface area contributed by atoms with Crippen molar-refractivity contribution in [2.45, 2.75) is 162 Å². The highest BCUT2D eigenvalue weighted by molar-refractivity contribution is 9.12. The number of aliphatic carboxylic acids is 12. The lowest BCUT2D eigenvalue weighted by atomic mass is 9.85. The Hall–Kier alpha value is -4.94. The summed E-state index contributed by atoms with van der Waals surface area (Å²) in [6.07, 6.45) is 4.51. The third kappa shape index (κ3) is 94.7. The van der Waals surface area contributed by atoms with Crippen LogP contribution in [0.25, 0.3) is 0 Å². The first-order valence-electron chi connectivity index (χ1n) is 33.5. The van der Waals surface area contributed by atoms with Crippen molar-refractivity contribution in [1.82, 2.24) is 0 Å². The Balaban J connectivity index is -0.000000143. The summed E-state index contributed by atoms with van der Waals surface area (Å²) in [6.45, 7) is 5.69. The minimum atomic E-state index is -1.55. The summed E-state index contributed by atoms with van der Waals surface area (Å²) in [6, 6.07) is 0. The van der Waals surface area contributed by atoms with Gasteiger partial charge in [0.2, 0.25) is 0 Å². The second-order valence-corrected chi connectivity index (χ2v) is 33.9. The molecule has 58 heteroatoms. The van der Waals surface area contributed by atoms with Gasteiger partial charge in [0.05, 0.1) is 78.2 Å². The van der Waals surface area contributed by atoms with E-state index in [9.17, 15) is 167 Å². The van der Waals surface area contributed by atoms with E-state index in [1.807, 2.05) is 0 Å². The maximum absolute atomic E-state index is 11.0. The second kappa shape index (κ2) is 86.1. The average Bonchev–Trinajstić information content (AvgIpc) is 1.12. The molecule has 0 radical (unpaired) electrons. The van der Waals surface area contributed by atoms with Crippen molar-refractivity contribution in [3.63, 3.8) is 0 Å². The lowest BCUT2D eigenvalue weighted by molar-refractivity contribution is -0.327. The monoisotopic (exact) mass is 2680 g/mol. The van der Waals surface area contributed by atoms with Crippen LogP contribution in [-0.4, -0.2) is 266 Å². The summed E-state index contributed by atoms with van der Waals surface area (Å²) < 4.78 is 43.6. The largest absolute Gasteiger partial charge is 0.550 e. The van der Waals surface area contributed by atoms with Gasteiger partial charge >= 0.3 is 59.7 Å². The van der Waals surface area contributed by atoms with Crippen LogP contribution >= 0.6 is 223 Å². The minimum Gasteiger partial charge on any atom is -0.550 e. The number of esters is 10. The third-order valence-corrected chi connectivity index (χ3v) is 19.7. The first-order valence-corrected chi connectivity index (χ1v) is 48.5. The number of hydrogen-bond donors (Lipinski definition) is 0. The molecule has 3 atom stereocenters. The van der Waals surface area contributed by atoms with Gasteiger partial charge in [0, 0.05) is 51.6 Å². The predicted molar refractivity (Wildman–Crippen MR) is 449 cm³/mol. The molecular formula is C66H82Br14O44-12. The zero-order chi connectivity index (χ0) is 99.3. The Labute approximate surface area is 826 Å². The van der Waals surface area contributed by atoms with Crippen LogP contribution in [0, 0.1) is 5.92 Å². The Bertz CT molecular complexity index is 3250. The van der Waals surface area contributed by atoms with Crippen molar-refractivity contribution in [2.75, 3.05) is 98.3 Å². The number of halogens is 14. The lowest BCUT2D eigenvalue weighted by Gasteiger charge is -2.37. The Morgan fingerprint density at radius 1 is 0.363 bits per heavy atom. The van der Waals surface area contributed by atoms with Crippen molar-refractivity contribution < 1.29 is 214 Å². The fourth-order valence-corrected chi connectivity index (χ4v) is 9.25. The SMILES string of the molecule is CC(Br)C(=O)OCC(=O)[O-].CC(C)(Br)C(=O)OCC(=O)[O-].CC(C)(OC(=O)CBr)C(=O)[O-].CC(OC(=O)CBr)C(=O)[O-].O=C(CBr)OC1(C(=O)[O-])CCCC1.O=C(CBr)OC1(C(=O)[O-])CCCCC1.O=C([O-])C(Br)CBr.O=C([O-])C(CBr)CBr.O=C([O-])CCCOC(=O)CBr.O=C([O-])CCOC(=O)CBr.O=C([O-])COC(=O)CBr.O=C([O-])COC(=O)CCBr. The van der Waals surface area contributed by atoms with Crippen LogP contribution in [0.15, 0.2) is 0 Å². The summed E-state index contributed by atoms with van der Waals surface area (Å²) in [7, 11) is 0. The van der Waals surface area contributed by atoms with Gasteiger partial charge in [-0.15, -0.1) is 0 Å². The van der Waals surface area contributed by atoms with Crippen molar-refractivity contribution in [3.8, 4) is 0 Å². The number of hydrogen-bond acceptors (Lipinski definition) is 44. The van der Waals surface area contributed by atoms with Crippen LogP contribution < -0.4 is 61.3 Å². The lowest BCUT2D eigenvalue weighted by Crippen LogP contribution is -2.52. The van der Waals surface area contributed by atoms with Gasteiger partial charge in [-0.25, -0.2) is 0 Å². The number of carbonyl (C=O) groups is 22. The van der Waals surface area contributed by atoms with E-state index in [1.54, 1.807) is 13.8 Å². The molecular weight excluding hydrogens is 2620 g/mol. The highest BCUT2D eigenvalue weighted by Crippen LogP contribution is 2.33. The summed E-state index contributed by atoms with van der Waals surface area (Å²) in [5, 5.41) is 122. The maximum atomic E-state index is 11.0. The molecule has 0 heterocycles. The maximum Gasteiger partial charge on any atom is 0.322 e. The molecule has 0 aromatic carbocycles. The van der Waals surface area contributed by atoms with Crippen LogP contribution in [0.3, 0.4) is 0 Å². The van der Waals surface area contributed by atoms with Crippen LogP contribution in [0.5, 0.6) is 0 Å². The van der Waals surface area contributed by atoms with Gasteiger partial charge < -0.3 is 166 Å². The summed E-state index contributed by atoms with van der Waals surface area (Å²) in [4.78, 5) is 225. The molecule has 0 spiro atoms. The molecule has 0 aromatic rings. The molecule has 720 valence electrons. The Morgan fingerprint density at radius 3 is 0.968 bits per heavy atom. The zero-order valence-corrected chi connectivity index (χ0v) is 88.0. The van der Waals surface area contributed by atoms with E-state index in [1.165, 1.54) is 27.7 Å². The van der Waals surface area contributed by atoms with Gasteiger partial charge in [-0.3, -0.25) is 47.9 Å². The van der Waals surface area contributed by atoms with E-state index in [2.05, 4.69) is 261 Å². The van der Waals surface area contributed by atoms with Gasteiger partial charge in [-0.1, -0.05) is 229 Å². The minimum absolute atomic E-state index is 0.000278. The van der Waals surface area contributed by atoms with Crippen molar-refractivity contribution in [1.29, 1.82) is 0 Å². The van der Waals surface area contributed by atoms with E-state index < -0.39 is 195 Å². The van der Waals surface area contributed by atoms with Gasteiger partial charge in [0.15, 0.2) is 11.2 Å². The molecule has 44 nitrogen and oxygen atoms in total. The third-order valence-electron chi connectivity index (χ3n) is 11.6. The molecule has 124 heavy (non-hydrogen) atoms. The zero-order valence-electron chi connectivity index (χ0n) is 65.8. The molecule has 0 bridgehead atoms. The van der Waals surface area contributed by atoms with Crippen molar-refractivity contribution >= 4 is 354 Å². The van der Waals surface area contributed by atoms with E-state index >= 15 is 0 Å². The van der Waals surface area contributed by atoms with Crippen LogP contribution in [-0.2, 0) is 153 Å². The van der Waals surface area contributed by atoms with Crippen LogP contribution in [0.4, 0.5) is 0 Å². The predicted octanol–water partition coefficient (Wildman–Crippen LogP) is -6.31. The van der Waals surface area contributed by atoms with Gasteiger partial charge in [0.1, 0.15) is 84.6 Å². The first-order chi connectivity index (χ1) is 57.1. The summed E-state index contributed by atoms with van der Waals surface area (Å²) >= 11 is 40.7. The van der Waals surface area contributed by atoms with Crippen molar-refractivity contribution in [2.24, 2.45) is 5.92 Å². The molecule has 2 rings (SSSR count). The molecule has 0 aliphatic heterocycles. The standard InChI is InChI=1S/C9H13BrO4.C8H11BrO4.3C6H9BrO4.4C5H7BrO4.C4H6Br2O2.C4H5BrO4.C3H4Br2O2/c10-6-7(11)14-9(8(12)13)4-2-1-3-5-9;9-5-6(10)13-8(7(11)12)3-1-2-4-8;1-6(2,7)5(10)11-3-4(8)9;1-6(2,5(9)10)11-4(8)3-7;7-4-6(10)11-3-1-2-5(8)9;1-3(6)5(9)10-2-4(7)8;1-3(5(8)9)10-4(7)2-6;6-2-1-5(9)10-3-4(7)8;6-3-5(9)10-2-1-4(7)8;5-1-3(2-6)4(7)8;5-1-4(8)9-2-3(6)7;4-1-2(5)3(6)7/h1-6H2,(H,12,13);1-5H2,(H,11,12);3H2,1-2H3,(H,8,9);3H2,1-2H3,(H,9,10);1-4H2,(H,8,9);3H,2H2,1H3,(H,7,8);3H,2H2,1H3,(H,8,9);2*1-3H2,(H,7,8);3H,1-2H2,(H,7,8);1-2H2,(H,6,7);2H,1H2,(H,6,7)/p-12. The average molecular weight is 2700 g/mol. The van der Waals surface area contributed by atoms with E-state index in [0.717, 1.165) is 32.1 Å². The highest BCUT2D eigenvalue weighted by Gasteiger charge is 2.40. The molecule has 2 aliphatic rings. The quantitative estimate of drug-likeness (QED) is 0.0239. The van der Waals surface area contributed by atoms with E-state index in [0.29, 0.717) is 53.4 Å². The second-order valence-electron chi connectivity index (χ2n) is 22.8. The number of carboxylic acid groups (broad SMARTS) is 12. The van der Waals surface area contributed by atoms with Crippen LogP contribution in [0.2, 0.25) is 0 Å². The molecule has 0 N–H and O–H groups in total. The number of rotatable bonds is 39. The molecule has 2 aliphatic carbocycles. The van der Waals surface area contributed by atoms with E-state index in [-0.39, 0.29) is 75.8 Å². The number of carboxylic acids is 12. The normalized spacial score (nSPS) is 12.5. The summed E-state index contributed by atoms with van der Waals surface area (Å²) in [5.74, 6) is -21.4. The molecule has 2 fully saturated rings. The first kappa shape index (κ1) is 140. The molecule has 3 unspecified atom stereocenters. The molecule has 0 saturated heterocycles. The fraction of sp³-hybridized carbons (Fsp3) is 0.667. The Kier molecular flexibility index (Phi) is 96.9. The molecule has 0 aromatic heterocycles. The number of alkyl halides is 14. The number of carbonyl (C=O) groups excluding carboxylic acids is 22. The van der Waals surface area contributed by atoms with Gasteiger partial charge in [-0.05, 0) is 106 Å². The van der Waals surface area contributed by atoms with Crippen LogP contribution in [0.1, 0.15) is 125 Å². The summed E-state index contributed by atoms with van der Waals surface area (Å²) in [5.41, 5.74) is -4.28.